The number of benzene rings is 4. The van der Waals surface area contributed by atoms with E-state index in [0.717, 1.165) is 54.4 Å². The highest BCUT2D eigenvalue weighted by Crippen LogP contribution is 2.33. The van der Waals surface area contributed by atoms with Gasteiger partial charge in [0.15, 0.2) is 0 Å². The van der Waals surface area contributed by atoms with E-state index in [1.807, 2.05) is 78.9 Å². The molecule has 6 rings (SSSR count). The quantitative estimate of drug-likeness (QED) is 0.189. The fourth-order valence-corrected chi connectivity index (χ4v) is 5.56. The summed E-state index contributed by atoms with van der Waals surface area (Å²) < 4.78 is 43.1. The van der Waals surface area contributed by atoms with Crippen molar-refractivity contribution in [2.24, 2.45) is 0 Å². The summed E-state index contributed by atoms with van der Waals surface area (Å²) in [5.41, 5.74) is 3.25. The van der Waals surface area contributed by atoms with Crippen molar-refractivity contribution in [2.45, 2.75) is 31.6 Å². The third-order valence-electron chi connectivity index (χ3n) is 7.67. The molecule has 1 aliphatic rings. The second kappa shape index (κ2) is 11.7. The van der Waals surface area contributed by atoms with Crippen LogP contribution in [0.1, 0.15) is 24.0 Å². The highest BCUT2D eigenvalue weighted by atomic mass is 19.4. The Balaban J connectivity index is 1.37. The van der Waals surface area contributed by atoms with Crippen molar-refractivity contribution in [1.29, 1.82) is 0 Å². The number of fused-ring (bicyclic) bond motifs is 1. The van der Waals surface area contributed by atoms with Crippen molar-refractivity contribution in [3.05, 3.63) is 125 Å². The molecule has 5 nitrogen and oxygen atoms in total. The lowest BCUT2D eigenvalue weighted by molar-refractivity contribution is -0.138. The molecule has 1 atom stereocenters. The van der Waals surface area contributed by atoms with Crippen LogP contribution in [0, 0.1) is 0 Å². The van der Waals surface area contributed by atoms with Crippen LogP contribution in [0.15, 0.2) is 108 Å². The normalized spacial score (nSPS) is 15.5. The van der Waals surface area contributed by atoms with E-state index in [1.165, 1.54) is 16.7 Å². The molecule has 0 bridgehead atoms. The number of halogens is 3. The van der Waals surface area contributed by atoms with Crippen LogP contribution in [0.2, 0.25) is 0 Å². The Morgan fingerprint density at radius 3 is 2.29 bits per heavy atom. The summed E-state index contributed by atoms with van der Waals surface area (Å²) in [6.45, 7) is 1.78. The van der Waals surface area contributed by atoms with Gasteiger partial charge in [-0.15, -0.1) is 0 Å². The number of anilines is 3. The van der Waals surface area contributed by atoms with E-state index in [2.05, 4.69) is 16.0 Å². The van der Waals surface area contributed by atoms with E-state index in [9.17, 15) is 18.0 Å². The van der Waals surface area contributed by atoms with Crippen LogP contribution in [-0.2, 0) is 12.7 Å². The van der Waals surface area contributed by atoms with Crippen molar-refractivity contribution in [3.8, 4) is 11.1 Å². The van der Waals surface area contributed by atoms with Crippen molar-refractivity contribution < 1.29 is 13.2 Å². The molecule has 5 aromatic rings. The van der Waals surface area contributed by atoms with Crippen molar-refractivity contribution in [2.75, 3.05) is 23.7 Å². The third-order valence-corrected chi connectivity index (χ3v) is 7.67. The number of alkyl halides is 3. The van der Waals surface area contributed by atoms with E-state index in [-0.39, 0.29) is 17.7 Å². The highest BCUT2D eigenvalue weighted by Gasteiger charge is 2.33. The van der Waals surface area contributed by atoms with Crippen LogP contribution >= 0.6 is 0 Å². The zero-order chi connectivity index (χ0) is 29.1. The van der Waals surface area contributed by atoms with Crippen molar-refractivity contribution in [1.82, 2.24) is 9.88 Å². The second-order valence-electron chi connectivity index (χ2n) is 10.6. The van der Waals surface area contributed by atoms with Crippen molar-refractivity contribution in [3.63, 3.8) is 0 Å². The van der Waals surface area contributed by atoms with Gasteiger partial charge in [0.2, 0.25) is 0 Å². The van der Waals surface area contributed by atoms with Crippen LogP contribution < -0.4 is 21.5 Å². The zero-order valence-electron chi connectivity index (χ0n) is 22.9. The minimum absolute atomic E-state index is 0.0354. The van der Waals surface area contributed by atoms with Crippen LogP contribution in [0.4, 0.5) is 30.2 Å². The standard InChI is InChI=1S/C34H31F3N4O/c35-34(36,37)31-11-5-4-9-25(31)22-41-32-20-28(13-12-24(32)19-30(33(41)42)23-7-2-1-3-8-23)39-26-14-16-27(17-15-26)40-29-10-6-18-38-21-29/h1-5,7-9,11-17,19-20,29,38-40H,6,10,18,21-22H2. The van der Waals surface area contributed by atoms with E-state index in [4.69, 9.17) is 0 Å². The molecule has 1 aromatic heterocycles. The summed E-state index contributed by atoms with van der Waals surface area (Å²) in [4.78, 5) is 13.9. The van der Waals surface area contributed by atoms with Gasteiger partial charge in [0.25, 0.3) is 5.56 Å². The number of hydrogen-bond acceptors (Lipinski definition) is 4. The van der Waals surface area contributed by atoms with Crippen LogP contribution in [0.3, 0.4) is 0 Å². The fourth-order valence-electron chi connectivity index (χ4n) is 5.56. The molecule has 2 heterocycles. The Kier molecular flexibility index (Phi) is 7.71. The molecule has 4 aromatic carbocycles. The Bertz CT molecular complexity index is 1740. The Hall–Kier alpha value is -4.56. The van der Waals surface area contributed by atoms with Gasteiger partial charge in [-0.25, -0.2) is 0 Å². The van der Waals surface area contributed by atoms with E-state index in [1.54, 1.807) is 6.07 Å². The number of nitrogens with one attached hydrogen (secondary N) is 3. The molecule has 1 fully saturated rings. The average molecular weight is 569 g/mol. The summed E-state index contributed by atoms with van der Waals surface area (Å²) in [5, 5.41) is 11.1. The second-order valence-corrected chi connectivity index (χ2v) is 10.6. The van der Waals surface area contributed by atoms with Gasteiger partial charge in [-0.3, -0.25) is 4.79 Å². The lowest BCUT2D eigenvalue weighted by Gasteiger charge is -2.24. The number of pyridine rings is 1. The molecule has 1 saturated heterocycles. The van der Waals surface area contributed by atoms with E-state index >= 15 is 0 Å². The molecule has 42 heavy (non-hydrogen) atoms. The first kappa shape index (κ1) is 27.6. The Morgan fingerprint density at radius 2 is 1.55 bits per heavy atom. The first-order valence-electron chi connectivity index (χ1n) is 14.1. The van der Waals surface area contributed by atoms with Gasteiger partial charge < -0.3 is 20.5 Å². The van der Waals surface area contributed by atoms with E-state index < -0.39 is 11.7 Å². The van der Waals surface area contributed by atoms with Crippen LogP contribution in [-0.4, -0.2) is 23.7 Å². The average Bonchev–Trinajstić information content (AvgIpc) is 3.00. The Morgan fingerprint density at radius 1 is 0.833 bits per heavy atom. The van der Waals surface area contributed by atoms with Crippen LogP contribution in [0.25, 0.3) is 22.0 Å². The van der Waals surface area contributed by atoms with Gasteiger partial charge in [0.1, 0.15) is 0 Å². The third kappa shape index (κ3) is 6.04. The monoisotopic (exact) mass is 568 g/mol. The number of rotatable bonds is 7. The lowest BCUT2D eigenvalue weighted by Crippen LogP contribution is -2.38. The molecule has 0 aliphatic carbocycles. The molecule has 0 spiro atoms. The molecule has 1 aliphatic heterocycles. The van der Waals surface area contributed by atoms with Gasteiger partial charge in [0.05, 0.1) is 17.6 Å². The molecule has 214 valence electrons. The molecule has 1 unspecified atom stereocenters. The predicted molar refractivity (Wildman–Crippen MR) is 163 cm³/mol. The minimum Gasteiger partial charge on any atom is -0.381 e. The van der Waals surface area contributed by atoms with Gasteiger partial charge in [-0.05, 0) is 84.4 Å². The molecule has 0 saturated carbocycles. The summed E-state index contributed by atoms with van der Waals surface area (Å²) in [5.74, 6) is 0. The van der Waals surface area contributed by atoms with Gasteiger partial charge >= 0.3 is 6.18 Å². The Labute approximate surface area is 242 Å². The summed E-state index contributed by atoms with van der Waals surface area (Å²) >= 11 is 0. The molecular formula is C34H31F3N4O. The zero-order valence-corrected chi connectivity index (χ0v) is 22.9. The maximum Gasteiger partial charge on any atom is 0.416 e. The maximum atomic E-state index is 13.9. The SMILES string of the molecule is O=c1c(-c2ccccc2)cc2ccc(Nc3ccc(NC4CCCNC4)cc3)cc2n1Cc1ccccc1C(F)(F)F. The topological polar surface area (TPSA) is 58.1 Å². The maximum absolute atomic E-state index is 13.9. The summed E-state index contributed by atoms with van der Waals surface area (Å²) in [6.07, 6.45) is -2.25. The molecular weight excluding hydrogens is 537 g/mol. The van der Waals surface area contributed by atoms with Crippen LogP contribution in [0.5, 0.6) is 0 Å². The molecule has 0 radical (unpaired) electrons. The molecule has 8 heteroatoms. The molecule has 3 N–H and O–H groups in total. The van der Waals surface area contributed by atoms with Crippen molar-refractivity contribution >= 4 is 28.0 Å². The van der Waals surface area contributed by atoms with Gasteiger partial charge in [-0.2, -0.15) is 13.2 Å². The first-order valence-corrected chi connectivity index (χ1v) is 14.1. The molecule has 0 amide bonds. The number of nitrogens with zero attached hydrogens (tertiary/aromatic N) is 1. The highest BCUT2D eigenvalue weighted by molar-refractivity contribution is 5.87. The van der Waals surface area contributed by atoms with Gasteiger partial charge in [0, 0.05) is 35.2 Å². The largest absolute Gasteiger partial charge is 0.416 e. The lowest BCUT2D eigenvalue weighted by atomic mass is 10.0. The minimum atomic E-state index is -4.53. The smallest absolute Gasteiger partial charge is 0.381 e. The summed E-state index contributed by atoms with van der Waals surface area (Å²) in [7, 11) is 0. The number of aromatic nitrogens is 1. The fraction of sp³-hybridized carbons (Fsp3) is 0.206. The number of hydrogen-bond donors (Lipinski definition) is 3. The van der Waals surface area contributed by atoms with E-state index in [0.29, 0.717) is 22.7 Å². The first-order chi connectivity index (χ1) is 20.3. The number of piperidine rings is 1. The summed E-state index contributed by atoms with van der Waals surface area (Å²) in [6, 6.07) is 30.4. The predicted octanol–water partition coefficient (Wildman–Crippen LogP) is 7.64. The van der Waals surface area contributed by atoms with Gasteiger partial charge in [-0.1, -0.05) is 54.6 Å².